The highest BCUT2D eigenvalue weighted by molar-refractivity contribution is 5.77. The molecule has 0 saturated carbocycles. The van der Waals surface area contributed by atoms with Gasteiger partial charge in [0.1, 0.15) is 0 Å². The third-order valence-electron chi connectivity index (χ3n) is 1.32. The lowest BCUT2D eigenvalue weighted by Crippen LogP contribution is -1.98. The van der Waals surface area contributed by atoms with E-state index < -0.39 is 23.4 Å². The van der Waals surface area contributed by atoms with E-state index in [1.165, 1.54) is 0 Å². The molecule has 64 valence electrons. The predicted octanol–water partition coefficient (Wildman–Crippen LogP) is 1.97. The van der Waals surface area contributed by atoms with Gasteiger partial charge < -0.3 is 0 Å². The number of alkyl halides is 2. The summed E-state index contributed by atoms with van der Waals surface area (Å²) in [4.78, 5) is 13.4. The van der Waals surface area contributed by atoms with Crippen molar-refractivity contribution in [3.63, 3.8) is 0 Å². The molecule has 0 radical (unpaired) electrons. The Kier molecular flexibility index (Phi) is 2.42. The summed E-state index contributed by atoms with van der Waals surface area (Å²) in [6, 6.07) is 0. The minimum atomic E-state index is -2.88. The molecule has 1 rings (SSSR count). The van der Waals surface area contributed by atoms with Gasteiger partial charge in [-0.2, -0.15) is 0 Å². The topological polar surface area (TPSA) is 30.0 Å². The number of hydrogen-bond acceptors (Lipinski definition) is 2. The number of aldehydes is 1. The minimum absolute atomic E-state index is 0.0541. The maximum Gasteiger partial charge on any atom is 0.266 e. The van der Waals surface area contributed by atoms with E-state index in [0.29, 0.717) is 0 Å². The Bertz CT molecular complexity index is 301. The summed E-state index contributed by atoms with van der Waals surface area (Å²) >= 11 is 0. The van der Waals surface area contributed by atoms with Crippen molar-refractivity contribution in [1.82, 2.24) is 4.98 Å². The molecule has 0 aliphatic carbocycles. The number of rotatable bonds is 2. The molecule has 0 fully saturated rings. The first-order valence-corrected chi connectivity index (χ1v) is 3.03. The van der Waals surface area contributed by atoms with Crippen LogP contribution < -0.4 is 0 Å². The van der Waals surface area contributed by atoms with E-state index >= 15 is 0 Å². The van der Waals surface area contributed by atoms with Crippen LogP contribution in [0.4, 0.5) is 13.2 Å². The fourth-order valence-corrected chi connectivity index (χ4v) is 0.758. The average molecular weight is 175 g/mol. The maximum atomic E-state index is 12.6. The van der Waals surface area contributed by atoms with Crippen molar-refractivity contribution < 1.29 is 18.0 Å². The predicted molar refractivity (Wildman–Crippen MR) is 34.5 cm³/mol. The quantitative estimate of drug-likeness (QED) is 0.643. The van der Waals surface area contributed by atoms with Crippen molar-refractivity contribution in [2.45, 2.75) is 6.43 Å². The van der Waals surface area contributed by atoms with Crippen LogP contribution in [0.25, 0.3) is 0 Å². The van der Waals surface area contributed by atoms with E-state index in [1.807, 2.05) is 0 Å². The molecule has 2 nitrogen and oxygen atoms in total. The minimum Gasteiger partial charge on any atom is -0.298 e. The summed E-state index contributed by atoms with van der Waals surface area (Å²) in [5, 5.41) is 0. The second-order valence-electron chi connectivity index (χ2n) is 2.04. The van der Waals surface area contributed by atoms with Gasteiger partial charge in [0.15, 0.2) is 12.1 Å². The number of carbonyl (C=O) groups is 1. The van der Waals surface area contributed by atoms with Crippen LogP contribution >= 0.6 is 0 Å². The summed E-state index contributed by atoms with van der Waals surface area (Å²) in [6.07, 6.45) is -1.33. The van der Waals surface area contributed by atoms with Gasteiger partial charge in [0, 0.05) is 11.8 Å². The molecule has 1 aromatic rings. The zero-order valence-electron chi connectivity index (χ0n) is 5.80. The molecule has 0 amide bonds. The Morgan fingerprint density at radius 3 is 2.50 bits per heavy atom. The Hall–Kier alpha value is -1.39. The van der Waals surface area contributed by atoms with Gasteiger partial charge in [0.25, 0.3) is 6.43 Å². The number of halogens is 3. The number of hydrogen-bond donors (Lipinski definition) is 0. The van der Waals surface area contributed by atoms with Crippen molar-refractivity contribution in [3.8, 4) is 0 Å². The van der Waals surface area contributed by atoms with E-state index in [2.05, 4.69) is 4.98 Å². The highest BCUT2D eigenvalue weighted by atomic mass is 19.3. The van der Waals surface area contributed by atoms with Crippen LogP contribution in [0.3, 0.4) is 0 Å². The normalized spacial score (nSPS) is 10.3. The van der Waals surface area contributed by atoms with Crippen LogP contribution in [0.1, 0.15) is 22.3 Å². The Labute approximate surface area is 66.0 Å². The average Bonchev–Trinajstić information content (AvgIpc) is 2.03. The second kappa shape index (κ2) is 3.34. The van der Waals surface area contributed by atoms with Gasteiger partial charge in [-0.3, -0.25) is 9.78 Å². The molecule has 1 aromatic heterocycles. The summed E-state index contributed by atoms with van der Waals surface area (Å²) in [5.74, 6) is -1.03. The van der Waals surface area contributed by atoms with Crippen molar-refractivity contribution in [1.29, 1.82) is 0 Å². The first kappa shape index (κ1) is 8.70. The van der Waals surface area contributed by atoms with E-state index in [9.17, 15) is 18.0 Å². The van der Waals surface area contributed by atoms with E-state index in [1.54, 1.807) is 0 Å². The number of aromatic nitrogens is 1. The van der Waals surface area contributed by atoms with E-state index in [4.69, 9.17) is 0 Å². The van der Waals surface area contributed by atoms with E-state index in [-0.39, 0.29) is 6.29 Å². The molecule has 0 N–H and O–H groups in total. The first-order valence-electron chi connectivity index (χ1n) is 3.03. The van der Waals surface area contributed by atoms with Gasteiger partial charge >= 0.3 is 0 Å². The van der Waals surface area contributed by atoms with Crippen LogP contribution in [0, 0.1) is 5.82 Å². The maximum absolute atomic E-state index is 12.6. The highest BCUT2D eigenvalue weighted by Gasteiger charge is 2.15. The van der Waals surface area contributed by atoms with Gasteiger partial charge in [-0.25, -0.2) is 13.2 Å². The summed E-state index contributed by atoms with van der Waals surface area (Å²) in [6.45, 7) is 0. The Morgan fingerprint density at radius 2 is 2.08 bits per heavy atom. The molecule has 0 atom stereocenters. The standard InChI is InChI=1S/C7H4F3NO/c8-6-2-11-1-4(7(9)10)5(6)3-12/h1-3,7H. The lowest BCUT2D eigenvalue weighted by Gasteiger charge is -2.01. The number of nitrogens with zero attached hydrogens (tertiary/aromatic N) is 1. The van der Waals surface area contributed by atoms with Crippen LogP contribution in [-0.2, 0) is 0 Å². The summed E-state index contributed by atoms with van der Waals surface area (Å²) < 4.78 is 36.6. The Balaban J connectivity index is 3.27. The fourth-order valence-electron chi connectivity index (χ4n) is 0.758. The first-order chi connectivity index (χ1) is 5.66. The molecule has 0 bridgehead atoms. The van der Waals surface area contributed by atoms with Crippen LogP contribution in [-0.4, -0.2) is 11.3 Å². The van der Waals surface area contributed by atoms with Crippen molar-refractivity contribution >= 4 is 6.29 Å². The Morgan fingerprint density at radius 1 is 1.42 bits per heavy atom. The lowest BCUT2D eigenvalue weighted by atomic mass is 10.1. The molecule has 5 heteroatoms. The second-order valence-corrected chi connectivity index (χ2v) is 2.04. The molecule has 0 aliphatic heterocycles. The monoisotopic (exact) mass is 175 g/mol. The van der Waals surface area contributed by atoms with Gasteiger partial charge in [0.05, 0.1) is 11.8 Å². The molecular formula is C7H4F3NO. The van der Waals surface area contributed by atoms with Crippen LogP contribution in [0.5, 0.6) is 0 Å². The van der Waals surface area contributed by atoms with Crippen LogP contribution in [0.2, 0.25) is 0 Å². The number of carbonyl (C=O) groups excluding carboxylic acids is 1. The third-order valence-corrected chi connectivity index (χ3v) is 1.32. The summed E-state index contributed by atoms with van der Waals surface area (Å²) in [5.41, 5.74) is -1.30. The zero-order chi connectivity index (χ0) is 9.14. The smallest absolute Gasteiger partial charge is 0.266 e. The van der Waals surface area contributed by atoms with Gasteiger partial charge in [-0.15, -0.1) is 0 Å². The third kappa shape index (κ3) is 1.44. The SMILES string of the molecule is O=Cc1c(F)cncc1C(F)F. The molecule has 1 heterocycles. The highest BCUT2D eigenvalue weighted by Crippen LogP contribution is 2.22. The molecule has 0 unspecified atom stereocenters. The molecule has 12 heavy (non-hydrogen) atoms. The van der Waals surface area contributed by atoms with Crippen LogP contribution in [0.15, 0.2) is 12.4 Å². The molecule has 0 saturated heterocycles. The zero-order valence-corrected chi connectivity index (χ0v) is 5.80. The van der Waals surface area contributed by atoms with Crippen molar-refractivity contribution in [2.75, 3.05) is 0 Å². The summed E-state index contributed by atoms with van der Waals surface area (Å²) in [7, 11) is 0. The lowest BCUT2D eigenvalue weighted by molar-refractivity contribution is 0.110. The van der Waals surface area contributed by atoms with Gasteiger partial charge in [-0.1, -0.05) is 0 Å². The van der Waals surface area contributed by atoms with E-state index in [0.717, 1.165) is 12.4 Å². The largest absolute Gasteiger partial charge is 0.298 e. The van der Waals surface area contributed by atoms with Gasteiger partial charge in [0.2, 0.25) is 0 Å². The molecular weight excluding hydrogens is 171 g/mol. The molecule has 0 aromatic carbocycles. The van der Waals surface area contributed by atoms with Crippen molar-refractivity contribution in [3.05, 3.63) is 29.3 Å². The molecule has 0 spiro atoms. The van der Waals surface area contributed by atoms with Gasteiger partial charge in [-0.05, 0) is 0 Å². The van der Waals surface area contributed by atoms with Crippen molar-refractivity contribution in [2.24, 2.45) is 0 Å². The molecule has 0 aliphatic rings. The fraction of sp³-hybridized carbons (Fsp3) is 0.143. The number of pyridine rings is 1.